The molecule has 100 valence electrons. The summed E-state index contributed by atoms with van der Waals surface area (Å²) in [6, 6.07) is 5.53. The zero-order chi connectivity index (χ0) is 12.4. The zero-order valence-electron chi connectivity index (χ0n) is 10.3. The van der Waals surface area contributed by atoms with Gasteiger partial charge in [0, 0.05) is 16.8 Å². The first-order valence-electron chi connectivity index (χ1n) is 5.90. The Bertz CT molecular complexity index is 437. The fraction of sp³-hybridized carbons (Fsp3) is 0.462. The van der Waals surface area contributed by atoms with E-state index in [1.54, 1.807) is 6.07 Å². The molecule has 0 heterocycles. The molecule has 1 amide bonds. The number of halogens is 2. The summed E-state index contributed by atoms with van der Waals surface area (Å²) in [5, 5.41) is 3.54. The molecule has 3 nitrogen and oxygen atoms in total. The SMILES string of the molecule is Cc1ccc(NC(=O)C2CCCC2N)cc1Cl.Cl. The van der Waals surface area contributed by atoms with Gasteiger partial charge in [0.05, 0.1) is 5.92 Å². The van der Waals surface area contributed by atoms with Crippen molar-refractivity contribution in [1.82, 2.24) is 0 Å². The fourth-order valence-electron chi connectivity index (χ4n) is 2.22. The molecule has 0 bridgehead atoms. The van der Waals surface area contributed by atoms with Crippen molar-refractivity contribution in [3.63, 3.8) is 0 Å². The summed E-state index contributed by atoms with van der Waals surface area (Å²) >= 11 is 6.01. The fourth-order valence-corrected chi connectivity index (χ4v) is 2.40. The van der Waals surface area contributed by atoms with Gasteiger partial charge in [-0.2, -0.15) is 0 Å². The van der Waals surface area contributed by atoms with Gasteiger partial charge in [-0.05, 0) is 37.5 Å². The molecule has 2 atom stereocenters. The van der Waals surface area contributed by atoms with Crippen LogP contribution in [0.5, 0.6) is 0 Å². The summed E-state index contributed by atoms with van der Waals surface area (Å²) in [7, 11) is 0. The molecule has 3 N–H and O–H groups in total. The molecule has 2 rings (SSSR count). The molecule has 0 spiro atoms. The highest BCUT2D eigenvalue weighted by Gasteiger charge is 2.30. The van der Waals surface area contributed by atoms with Crippen LogP contribution in [0.1, 0.15) is 24.8 Å². The minimum absolute atomic E-state index is 0. The van der Waals surface area contributed by atoms with Gasteiger partial charge in [-0.25, -0.2) is 0 Å². The largest absolute Gasteiger partial charge is 0.327 e. The number of nitrogens with one attached hydrogen (secondary N) is 1. The van der Waals surface area contributed by atoms with Crippen molar-refractivity contribution < 1.29 is 4.79 Å². The van der Waals surface area contributed by atoms with E-state index in [9.17, 15) is 4.79 Å². The third-order valence-electron chi connectivity index (χ3n) is 3.35. The molecule has 0 aliphatic heterocycles. The Balaban J connectivity index is 0.00000162. The number of hydrogen-bond acceptors (Lipinski definition) is 2. The van der Waals surface area contributed by atoms with Crippen molar-refractivity contribution >= 4 is 35.6 Å². The van der Waals surface area contributed by atoms with E-state index in [4.69, 9.17) is 17.3 Å². The van der Waals surface area contributed by atoms with Gasteiger partial charge in [0.25, 0.3) is 0 Å². The van der Waals surface area contributed by atoms with Crippen LogP contribution in [0, 0.1) is 12.8 Å². The minimum atomic E-state index is -0.0601. The van der Waals surface area contributed by atoms with Crippen LogP contribution in [0.15, 0.2) is 18.2 Å². The number of rotatable bonds is 2. The Hall–Kier alpha value is -0.770. The monoisotopic (exact) mass is 288 g/mol. The number of carbonyl (C=O) groups excluding carboxylic acids is 1. The zero-order valence-corrected chi connectivity index (χ0v) is 11.9. The highest BCUT2D eigenvalue weighted by atomic mass is 35.5. The van der Waals surface area contributed by atoms with Gasteiger partial charge in [-0.1, -0.05) is 24.1 Å². The molecule has 1 saturated carbocycles. The van der Waals surface area contributed by atoms with Gasteiger partial charge < -0.3 is 11.1 Å². The van der Waals surface area contributed by atoms with Crippen LogP contribution in [0.25, 0.3) is 0 Å². The maximum atomic E-state index is 12.0. The van der Waals surface area contributed by atoms with E-state index in [0.29, 0.717) is 5.02 Å². The summed E-state index contributed by atoms with van der Waals surface area (Å²) in [5.74, 6) is -0.0509. The molecule has 18 heavy (non-hydrogen) atoms. The van der Waals surface area contributed by atoms with Gasteiger partial charge in [0.1, 0.15) is 0 Å². The molecule has 0 aromatic heterocycles. The first kappa shape index (κ1) is 15.3. The molecule has 5 heteroatoms. The average Bonchev–Trinajstić information content (AvgIpc) is 2.70. The number of carbonyl (C=O) groups is 1. The van der Waals surface area contributed by atoms with Crippen LogP contribution < -0.4 is 11.1 Å². The average molecular weight is 289 g/mol. The highest BCUT2D eigenvalue weighted by Crippen LogP contribution is 2.26. The van der Waals surface area contributed by atoms with E-state index < -0.39 is 0 Å². The number of benzene rings is 1. The van der Waals surface area contributed by atoms with E-state index in [-0.39, 0.29) is 30.3 Å². The van der Waals surface area contributed by atoms with Crippen molar-refractivity contribution in [2.45, 2.75) is 32.2 Å². The lowest BCUT2D eigenvalue weighted by atomic mass is 10.0. The summed E-state index contributed by atoms with van der Waals surface area (Å²) < 4.78 is 0. The van der Waals surface area contributed by atoms with Gasteiger partial charge >= 0.3 is 0 Å². The second-order valence-electron chi connectivity index (χ2n) is 4.65. The molecule has 0 radical (unpaired) electrons. The van der Waals surface area contributed by atoms with Crippen molar-refractivity contribution in [3.05, 3.63) is 28.8 Å². The van der Waals surface area contributed by atoms with Gasteiger partial charge in [0.15, 0.2) is 0 Å². The standard InChI is InChI=1S/C13H17ClN2O.ClH/c1-8-5-6-9(7-11(8)14)16-13(17)10-3-2-4-12(10)15;/h5-7,10,12H,2-4,15H2,1H3,(H,16,17);1H. The molecular weight excluding hydrogens is 271 g/mol. The van der Waals surface area contributed by atoms with E-state index >= 15 is 0 Å². The van der Waals surface area contributed by atoms with Crippen LogP contribution >= 0.6 is 24.0 Å². The quantitative estimate of drug-likeness (QED) is 0.878. The lowest BCUT2D eigenvalue weighted by Crippen LogP contribution is -2.34. The van der Waals surface area contributed by atoms with Gasteiger partial charge in [-0.15, -0.1) is 12.4 Å². The Kier molecular flexibility index (Phi) is 5.45. The lowest BCUT2D eigenvalue weighted by molar-refractivity contribution is -0.120. The predicted molar refractivity (Wildman–Crippen MR) is 77.4 cm³/mol. The Morgan fingerprint density at radius 3 is 2.72 bits per heavy atom. The first-order chi connectivity index (χ1) is 8.08. The van der Waals surface area contributed by atoms with Crippen LogP contribution in [0.4, 0.5) is 5.69 Å². The molecule has 1 aromatic carbocycles. The molecule has 1 aliphatic carbocycles. The van der Waals surface area contributed by atoms with E-state index in [1.807, 2.05) is 19.1 Å². The summed E-state index contributed by atoms with van der Waals surface area (Å²) in [5.41, 5.74) is 7.64. The molecule has 0 saturated heterocycles. The van der Waals surface area contributed by atoms with Gasteiger partial charge in [-0.3, -0.25) is 4.79 Å². The van der Waals surface area contributed by atoms with E-state index in [2.05, 4.69) is 5.32 Å². The van der Waals surface area contributed by atoms with Crippen LogP contribution in [-0.2, 0) is 4.79 Å². The van der Waals surface area contributed by atoms with Gasteiger partial charge in [0.2, 0.25) is 5.91 Å². The third kappa shape index (κ3) is 3.37. The van der Waals surface area contributed by atoms with Crippen LogP contribution in [0.2, 0.25) is 5.02 Å². The number of nitrogens with two attached hydrogens (primary N) is 1. The number of aryl methyl sites for hydroxylation is 1. The van der Waals surface area contributed by atoms with Crippen molar-refractivity contribution in [3.8, 4) is 0 Å². The molecular formula is C13H18Cl2N2O. The molecule has 1 fully saturated rings. The maximum Gasteiger partial charge on any atom is 0.229 e. The number of amides is 1. The van der Waals surface area contributed by atoms with E-state index in [0.717, 1.165) is 30.5 Å². The molecule has 1 aromatic rings. The van der Waals surface area contributed by atoms with Crippen LogP contribution in [0.3, 0.4) is 0 Å². The highest BCUT2D eigenvalue weighted by molar-refractivity contribution is 6.31. The van der Waals surface area contributed by atoms with Crippen molar-refractivity contribution in [2.24, 2.45) is 11.7 Å². The minimum Gasteiger partial charge on any atom is -0.327 e. The maximum absolute atomic E-state index is 12.0. The Morgan fingerprint density at radius 2 is 2.17 bits per heavy atom. The van der Waals surface area contributed by atoms with Crippen molar-refractivity contribution in [1.29, 1.82) is 0 Å². The number of hydrogen-bond donors (Lipinski definition) is 2. The van der Waals surface area contributed by atoms with Crippen molar-refractivity contribution in [2.75, 3.05) is 5.32 Å². The predicted octanol–water partition coefficient (Wildman–Crippen LogP) is 3.14. The summed E-state index contributed by atoms with van der Waals surface area (Å²) in [6.07, 6.45) is 2.85. The first-order valence-corrected chi connectivity index (χ1v) is 6.28. The Labute approximate surface area is 118 Å². The van der Waals surface area contributed by atoms with E-state index in [1.165, 1.54) is 0 Å². The summed E-state index contributed by atoms with van der Waals surface area (Å²) in [4.78, 5) is 12.0. The normalized spacial score (nSPS) is 22.4. The topological polar surface area (TPSA) is 55.1 Å². The lowest BCUT2D eigenvalue weighted by Gasteiger charge is -2.15. The molecule has 2 unspecified atom stereocenters. The number of anilines is 1. The summed E-state index contributed by atoms with van der Waals surface area (Å²) in [6.45, 7) is 1.93. The Morgan fingerprint density at radius 1 is 1.44 bits per heavy atom. The smallest absolute Gasteiger partial charge is 0.229 e. The van der Waals surface area contributed by atoms with Crippen LogP contribution in [-0.4, -0.2) is 11.9 Å². The molecule has 1 aliphatic rings. The second-order valence-corrected chi connectivity index (χ2v) is 5.06. The second kappa shape index (κ2) is 6.41. The third-order valence-corrected chi connectivity index (χ3v) is 3.75.